The van der Waals surface area contributed by atoms with Gasteiger partial charge in [0.25, 0.3) is 5.89 Å². The molecule has 2 aromatic carbocycles. The van der Waals surface area contributed by atoms with Crippen molar-refractivity contribution in [1.29, 1.82) is 0 Å². The first-order valence-electron chi connectivity index (χ1n) is 8.06. The van der Waals surface area contributed by atoms with E-state index in [4.69, 9.17) is 9.26 Å². The molecule has 4 nitrogen and oxygen atoms in total. The van der Waals surface area contributed by atoms with Crippen LogP contribution in [-0.4, -0.2) is 10.1 Å². The van der Waals surface area contributed by atoms with Gasteiger partial charge in [-0.2, -0.15) is 18.2 Å². The summed E-state index contributed by atoms with van der Waals surface area (Å²) in [4.78, 5) is 4.01. The summed E-state index contributed by atoms with van der Waals surface area (Å²) in [6.07, 6.45) is -4.50. The van der Waals surface area contributed by atoms with E-state index in [1.807, 2.05) is 24.3 Å². The Morgan fingerprint density at radius 1 is 1.04 bits per heavy atom. The van der Waals surface area contributed by atoms with Crippen LogP contribution in [0.25, 0.3) is 11.5 Å². The zero-order valence-corrected chi connectivity index (χ0v) is 14.2. The number of halogens is 3. The summed E-state index contributed by atoms with van der Waals surface area (Å²) in [6.45, 7) is 4.18. The molecule has 0 atom stereocenters. The Kier molecular flexibility index (Phi) is 4.97. The topological polar surface area (TPSA) is 48.2 Å². The van der Waals surface area contributed by atoms with Crippen LogP contribution in [0.3, 0.4) is 0 Å². The molecule has 0 unspecified atom stereocenters. The van der Waals surface area contributed by atoms with Crippen LogP contribution < -0.4 is 4.74 Å². The van der Waals surface area contributed by atoms with Crippen LogP contribution in [0.4, 0.5) is 13.2 Å². The molecule has 136 valence electrons. The molecular weight excluding hydrogens is 345 g/mol. The molecule has 0 saturated carbocycles. The van der Waals surface area contributed by atoms with E-state index >= 15 is 0 Å². The summed E-state index contributed by atoms with van der Waals surface area (Å²) >= 11 is 0. The van der Waals surface area contributed by atoms with E-state index in [0.29, 0.717) is 11.7 Å². The molecule has 0 saturated heterocycles. The maximum atomic E-state index is 13.1. The molecule has 26 heavy (non-hydrogen) atoms. The highest BCUT2D eigenvalue weighted by atomic mass is 19.4. The number of hydrogen-bond acceptors (Lipinski definition) is 4. The molecule has 0 spiro atoms. The van der Waals surface area contributed by atoms with Gasteiger partial charge in [-0.1, -0.05) is 43.3 Å². The summed E-state index contributed by atoms with van der Waals surface area (Å²) in [7, 11) is 0. The smallest absolute Gasteiger partial charge is 0.417 e. The first-order chi connectivity index (χ1) is 12.3. The quantitative estimate of drug-likeness (QED) is 0.605. The fourth-order valence-electron chi connectivity index (χ4n) is 2.44. The Hall–Kier alpha value is -2.83. The average molecular weight is 362 g/mol. The van der Waals surface area contributed by atoms with Crippen LogP contribution in [-0.2, 0) is 12.8 Å². The van der Waals surface area contributed by atoms with Crippen molar-refractivity contribution in [3.05, 3.63) is 65.5 Å². The van der Waals surface area contributed by atoms with Crippen molar-refractivity contribution in [3.8, 4) is 17.2 Å². The van der Waals surface area contributed by atoms with Gasteiger partial charge in [0.2, 0.25) is 5.82 Å². The van der Waals surface area contributed by atoms with Crippen molar-refractivity contribution < 1.29 is 22.4 Å². The van der Waals surface area contributed by atoms with Crippen LogP contribution in [0, 0.1) is 0 Å². The normalized spacial score (nSPS) is 11.8. The van der Waals surface area contributed by atoms with E-state index in [1.54, 1.807) is 0 Å². The van der Waals surface area contributed by atoms with Gasteiger partial charge >= 0.3 is 6.18 Å². The second-order valence-electron chi connectivity index (χ2n) is 6.07. The molecule has 0 bridgehead atoms. The van der Waals surface area contributed by atoms with Crippen LogP contribution >= 0.6 is 0 Å². The summed E-state index contributed by atoms with van der Waals surface area (Å²) in [5, 5.41) is 3.70. The predicted octanol–water partition coefficient (Wildman–Crippen LogP) is 5.46. The molecule has 0 N–H and O–H groups in total. The summed E-state index contributed by atoms with van der Waals surface area (Å²) in [5.41, 5.74) is 0.211. The third-order valence-electron chi connectivity index (χ3n) is 3.85. The lowest BCUT2D eigenvalue weighted by Crippen LogP contribution is -2.07. The summed E-state index contributed by atoms with van der Waals surface area (Å²) < 4.78 is 49.8. The van der Waals surface area contributed by atoms with Crippen molar-refractivity contribution in [1.82, 2.24) is 10.1 Å². The largest absolute Gasteiger partial charge is 0.485 e. The van der Waals surface area contributed by atoms with Gasteiger partial charge in [0.1, 0.15) is 5.75 Å². The van der Waals surface area contributed by atoms with Gasteiger partial charge in [0, 0.05) is 0 Å². The Morgan fingerprint density at radius 2 is 1.73 bits per heavy atom. The Labute approximate surface area is 148 Å². The van der Waals surface area contributed by atoms with E-state index in [9.17, 15) is 13.2 Å². The van der Waals surface area contributed by atoms with Crippen LogP contribution in [0.2, 0.25) is 0 Å². The van der Waals surface area contributed by atoms with Crippen molar-refractivity contribution in [2.75, 3.05) is 0 Å². The lowest BCUT2D eigenvalue weighted by Gasteiger charge is -2.09. The molecule has 7 heteroatoms. The van der Waals surface area contributed by atoms with Crippen LogP contribution in [0.1, 0.15) is 36.7 Å². The van der Waals surface area contributed by atoms with Crippen molar-refractivity contribution >= 4 is 0 Å². The predicted molar refractivity (Wildman–Crippen MR) is 89.6 cm³/mol. The number of nitrogens with zero attached hydrogens (tertiary/aromatic N) is 2. The van der Waals surface area contributed by atoms with E-state index in [2.05, 4.69) is 24.0 Å². The minimum atomic E-state index is -4.50. The third kappa shape index (κ3) is 4.04. The highest BCUT2D eigenvalue weighted by molar-refractivity contribution is 5.59. The average Bonchev–Trinajstić information content (AvgIpc) is 3.08. The number of hydrogen-bond donors (Lipinski definition) is 0. The molecule has 0 fully saturated rings. The first kappa shape index (κ1) is 18.0. The van der Waals surface area contributed by atoms with Gasteiger partial charge in [-0.25, -0.2) is 0 Å². The molecule has 1 heterocycles. The monoisotopic (exact) mass is 362 g/mol. The van der Waals surface area contributed by atoms with E-state index in [-0.39, 0.29) is 23.9 Å². The fourth-order valence-corrected chi connectivity index (χ4v) is 2.44. The van der Waals surface area contributed by atoms with Crippen molar-refractivity contribution in [2.24, 2.45) is 0 Å². The third-order valence-corrected chi connectivity index (χ3v) is 3.85. The zero-order valence-electron chi connectivity index (χ0n) is 14.2. The second kappa shape index (κ2) is 7.19. The van der Waals surface area contributed by atoms with E-state index < -0.39 is 11.7 Å². The zero-order chi connectivity index (χ0) is 18.7. The van der Waals surface area contributed by atoms with Crippen LogP contribution in [0.15, 0.2) is 53.1 Å². The molecule has 1 aromatic heterocycles. The van der Waals surface area contributed by atoms with Gasteiger partial charge in [-0.05, 0) is 35.7 Å². The molecule has 3 rings (SSSR count). The summed E-state index contributed by atoms with van der Waals surface area (Å²) in [6, 6.07) is 12.7. The number of ether oxygens (including phenoxy) is 1. The molecule has 3 aromatic rings. The van der Waals surface area contributed by atoms with E-state index in [1.165, 1.54) is 23.8 Å². The molecule has 0 aliphatic heterocycles. The number of alkyl halides is 3. The first-order valence-corrected chi connectivity index (χ1v) is 8.06. The number of benzene rings is 2. The van der Waals surface area contributed by atoms with Gasteiger partial charge < -0.3 is 9.26 Å². The van der Waals surface area contributed by atoms with E-state index in [0.717, 1.165) is 6.07 Å². The Bertz CT molecular complexity index is 871. The number of rotatable bonds is 5. The Balaban J connectivity index is 1.73. The molecule has 0 amide bonds. The Morgan fingerprint density at radius 3 is 2.38 bits per heavy atom. The fraction of sp³-hybridized carbons (Fsp3) is 0.263. The second-order valence-corrected chi connectivity index (χ2v) is 6.07. The van der Waals surface area contributed by atoms with Crippen molar-refractivity contribution in [2.45, 2.75) is 32.5 Å². The molecule has 0 aliphatic rings. The lowest BCUT2D eigenvalue weighted by atomic mass is 10.0. The van der Waals surface area contributed by atoms with Gasteiger partial charge in [0.05, 0.1) is 11.1 Å². The standard InChI is InChI=1S/C19H17F3N2O2/c1-12(2)13-7-9-14(10-8-13)25-11-17-23-18(26-24-17)15-5-3-4-6-16(15)19(20,21)22/h3-10,12H,11H2,1-2H3. The number of aromatic nitrogens is 2. The van der Waals surface area contributed by atoms with Crippen LogP contribution in [0.5, 0.6) is 5.75 Å². The lowest BCUT2D eigenvalue weighted by molar-refractivity contribution is -0.137. The minimum absolute atomic E-state index is 0.00128. The SMILES string of the molecule is CC(C)c1ccc(OCc2noc(-c3ccccc3C(F)(F)F)n2)cc1. The van der Waals surface area contributed by atoms with Crippen molar-refractivity contribution in [3.63, 3.8) is 0 Å². The minimum Gasteiger partial charge on any atom is -0.485 e. The van der Waals surface area contributed by atoms with Gasteiger partial charge in [0.15, 0.2) is 6.61 Å². The molecular formula is C19H17F3N2O2. The highest BCUT2D eigenvalue weighted by Gasteiger charge is 2.34. The van der Waals surface area contributed by atoms with Gasteiger partial charge in [-0.15, -0.1) is 0 Å². The molecule has 0 aliphatic carbocycles. The molecule has 0 radical (unpaired) electrons. The highest BCUT2D eigenvalue weighted by Crippen LogP contribution is 2.36. The summed E-state index contributed by atoms with van der Waals surface area (Å²) in [5.74, 6) is 1.02. The maximum absolute atomic E-state index is 13.1. The van der Waals surface area contributed by atoms with Gasteiger partial charge in [-0.3, -0.25) is 0 Å². The maximum Gasteiger partial charge on any atom is 0.417 e.